The first kappa shape index (κ1) is 23.5. The number of nitrogens with zero attached hydrogens (tertiary/aromatic N) is 5. The third-order valence-corrected chi connectivity index (χ3v) is 6.66. The molecule has 3 aromatic rings. The fourth-order valence-electron chi connectivity index (χ4n) is 4.92. The van der Waals surface area contributed by atoms with Gasteiger partial charge in [-0.2, -0.15) is 0 Å². The number of fused-ring (bicyclic) bond motifs is 1. The largest absolute Gasteiger partial charge is 0.403 e. The molecule has 1 amide bonds. The van der Waals surface area contributed by atoms with E-state index in [1.165, 1.54) is 23.5 Å². The molecule has 11 heteroatoms. The van der Waals surface area contributed by atoms with Crippen LogP contribution in [0.15, 0.2) is 60.1 Å². The van der Waals surface area contributed by atoms with Crippen LogP contribution in [0.25, 0.3) is 10.9 Å². The van der Waals surface area contributed by atoms with Crippen LogP contribution in [-0.2, 0) is 4.79 Å². The van der Waals surface area contributed by atoms with Gasteiger partial charge in [-0.1, -0.05) is 18.2 Å². The molecule has 186 valence electrons. The van der Waals surface area contributed by atoms with Crippen molar-refractivity contribution in [3.8, 4) is 0 Å². The van der Waals surface area contributed by atoms with Gasteiger partial charge in [0, 0.05) is 49.8 Å². The van der Waals surface area contributed by atoms with Crippen LogP contribution in [0.1, 0.15) is 23.2 Å². The highest BCUT2D eigenvalue weighted by Crippen LogP contribution is 2.30. The Morgan fingerprint density at radius 2 is 1.92 bits per heavy atom. The van der Waals surface area contributed by atoms with Crippen molar-refractivity contribution in [3.05, 3.63) is 66.5 Å². The third-order valence-electron chi connectivity index (χ3n) is 6.66. The number of amidine groups is 1. The molecule has 0 saturated carbocycles. The molecular formula is C25H27FN8O2. The number of hydrazine groups is 1. The number of para-hydroxylation sites is 1. The van der Waals surface area contributed by atoms with Crippen LogP contribution in [0, 0.1) is 11.7 Å². The molecule has 0 radical (unpaired) electrons. The molecule has 2 aromatic heterocycles. The van der Waals surface area contributed by atoms with Gasteiger partial charge in [0.15, 0.2) is 11.6 Å². The Labute approximate surface area is 207 Å². The highest BCUT2D eigenvalue weighted by atomic mass is 19.1. The number of ketones is 1. The van der Waals surface area contributed by atoms with Crippen LogP contribution in [0.2, 0.25) is 0 Å². The van der Waals surface area contributed by atoms with Crippen LogP contribution in [0.4, 0.5) is 15.9 Å². The smallest absolute Gasteiger partial charge is 0.295 e. The zero-order chi connectivity index (χ0) is 25.2. The number of halogens is 1. The summed E-state index contributed by atoms with van der Waals surface area (Å²) in [5.41, 5.74) is 6.62. The number of carbonyl (C=O) groups is 2. The number of carbonyl (C=O) groups excluding carboxylic acids is 2. The minimum Gasteiger partial charge on any atom is -0.403 e. The fraction of sp³-hybridized carbons (Fsp3) is 0.280. The van der Waals surface area contributed by atoms with E-state index >= 15 is 0 Å². The summed E-state index contributed by atoms with van der Waals surface area (Å²) < 4.78 is 14.7. The summed E-state index contributed by atoms with van der Waals surface area (Å²) in [6.45, 7) is 2.42. The summed E-state index contributed by atoms with van der Waals surface area (Å²) in [6.07, 6.45) is 6.22. The van der Waals surface area contributed by atoms with Crippen molar-refractivity contribution in [2.45, 2.75) is 12.8 Å². The normalized spacial score (nSPS) is 16.7. The van der Waals surface area contributed by atoms with Crippen molar-refractivity contribution in [1.29, 1.82) is 0 Å². The van der Waals surface area contributed by atoms with Crippen molar-refractivity contribution in [1.82, 2.24) is 14.9 Å². The van der Waals surface area contributed by atoms with E-state index in [-0.39, 0.29) is 28.2 Å². The molecule has 2 aliphatic heterocycles. The number of aliphatic imine (C=N–C) groups is 1. The number of pyridine rings is 1. The number of rotatable bonds is 6. The van der Waals surface area contributed by atoms with E-state index in [4.69, 9.17) is 16.6 Å². The molecule has 0 spiro atoms. The molecule has 0 aliphatic carbocycles. The van der Waals surface area contributed by atoms with Gasteiger partial charge >= 0.3 is 0 Å². The molecule has 2 aliphatic rings. The predicted octanol–water partition coefficient (Wildman–Crippen LogP) is 2.15. The number of H-pyrrole nitrogens is 1. The Morgan fingerprint density at radius 1 is 1.17 bits per heavy atom. The molecule has 0 atom stereocenters. The molecule has 4 heterocycles. The minimum atomic E-state index is -0.780. The topological polar surface area (TPSA) is 137 Å². The number of anilines is 2. The average molecular weight is 491 g/mol. The predicted molar refractivity (Wildman–Crippen MR) is 136 cm³/mol. The highest BCUT2D eigenvalue weighted by Gasteiger charge is 2.34. The van der Waals surface area contributed by atoms with E-state index in [0.717, 1.165) is 35.8 Å². The van der Waals surface area contributed by atoms with Crippen LogP contribution in [0.5, 0.6) is 0 Å². The maximum atomic E-state index is 14.7. The van der Waals surface area contributed by atoms with Gasteiger partial charge in [-0.25, -0.2) is 15.2 Å². The number of piperidine rings is 1. The monoisotopic (exact) mass is 490 g/mol. The van der Waals surface area contributed by atoms with Crippen molar-refractivity contribution in [2.75, 3.05) is 36.1 Å². The number of aromatic amines is 1. The van der Waals surface area contributed by atoms with Crippen molar-refractivity contribution >= 4 is 39.9 Å². The Bertz CT molecular complexity index is 1340. The first-order valence-electron chi connectivity index (χ1n) is 11.8. The maximum Gasteiger partial charge on any atom is 0.295 e. The van der Waals surface area contributed by atoms with E-state index in [0.29, 0.717) is 25.9 Å². The number of likely N-dealkylation sites (tertiary alicyclic amines) is 1. The standard InChI is InChI=1S/C25H27FN8O2/c26-19-15-31-24(34(28)12-8-27)21-20(19)18(14-30-21)22(35)25(36)32-10-6-16(7-11-32)23-29-9-13-33(23)17-4-2-1-3-5-17/h1-5,8,12,14-16,30H,6-7,9-11,13,27-28H2/b12-8-. The molecule has 36 heavy (non-hydrogen) atoms. The molecular weight excluding hydrogens is 463 g/mol. The summed E-state index contributed by atoms with van der Waals surface area (Å²) >= 11 is 0. The van der Waals surface area contributed by atoms with Crippen molar-refractivity contribution in [2.24, 2.45) is 22.5 Å². The molecule has 0 bridgehead atoms. The number of hydrogen-bond donors (Lipinski definition) is 3. The van der Waals surface area contributed by atoms with Gasteiger partial charge in [-0.3, -0.25) is 19.6 Å². The van der Waals surface area contributed by atoms with Gasteiger partial charge in [-0.05, 0) is 25.0 Å². The van der Waals surface area contributed by atoms with Crippen LogP contribution in [-0.4, -0.2) is 58.6 Å². The maximum absolute atomic E-state index is 14.7. The first-order valence-corrected chi connectivity index (χ1v) is 11.8. The first-order chi connectivity index (χ1) is 17.5. The lowest BCUT2D eigenvalue weighted by atomic mass is 9.94. The van der Waals surface area contributed by atoms with Gasteiger partial charge in [-0.15, -0.1) is 0 Å². The lowest BCUT2D eigenvalue weighted by Crippen LogP contribution is -2.45. The molecule has 1 aromatic carbocycles. The van der Waals surface area contributed by atoms with Gasteiger partial charge < -0.3 is 20.5 Å². The summed E-state index contributed by atoms with van der Waals surface area (Å²) in [6, 6.07) is 10.1. The summed E-state index contributed by atoms with van der Waals surface area (Å²) in [5, 5.41) is 1.07. The van der Waals surface area contributed by atoms with Crippen LogP contribution >= 0.6 is 0 Å². The SMILES string of the molecule is N/C=C\N(N)c1ncc(F)c2c(C(=O)C(=O)N3CCC(C4=NCCN4c4ccccc4)CC3)c[nH]c12. The Hall–Kier alpha value is -4.25. The molecule has 1 saturated heterocycles. The van der Waals surface area contributed by atoms with Crippen molar-refractivity contribution < 1.29 is 14.0 Å². The van der Waals surface area contributed by atoms with Gasteiger partial charge in [0.2, 0.25) is 0 Å². The van der Waals surface area contributed by atoms with Gasteiger partial charge in [0.1, 0.15) is 5.84 Å². The summed E-state index contributed by atoms with van der Waals surface area (Å²) in [5.74, 6) is 5.13. The van der Waals surface area contributed by atoms with E-state index in [1.807, 2.05) is 18.2 Å². The number of hydrogen-bond acceptors (Lipinski definition) is 8. The second kappa shape index (κ2) is 9.78. The zero-order valence-corrected chi connectivity index (χ0v) is 19.6. The average Bonchev–Trinajstić information content (AvgIpc) is 3.57. The lowest BCUT2D eigenvalue weighted by molar-refractivity contribution is -0.127. The Kier molecular flexibility index (Phi) is 6.38. The number of nitrogens with two attached hydrogens (primary N) is 2. The lowest BCUT2D eigenvalue weighted by Gasteiger charge is -2.34. The summed E-state index contributed by atoms with van der Waals surface area (Å²) in [7, 11) is 0. The molecule has 1 fully saturated rings. The number of benzene rings is 1. The van der Waals surface area contributed by atoms with E-state index in [9.17, 15) is 14.0 Å². The number of amides is 1. The molecule has 10 nitrogen and oxygen atoms in total. The number of nitrogens with one attached hydrogen (secondary N) is 1. The quantitative estimate of drug-likeness (QED) is 0.208. The Balaban J connectivity index is 1.30. The second-order valence-electron chi connectivity index (χ2n) is 8.75. The molecule has 5 N–H and O–H groups in total. The second-order valence-corrected chi connectivity index (χ2v) is 8.75. The number of aromatic nitrogens is 2. The van der Waals surface area contributed by atoms with Crippen molar-refractivity contribution in [3.63, 3.8) is 0 Å². The van der Waals surface area contributed by atoms with E-state index in [2.05, 4.69) is 27.0 Å². The molecule has 0 unspecified atom stereocenters. The number of Topliss-reactive ketones (excluding diaryl/α,β-unsaturated/α-hetero) is 1. The van der Waals surface area contributed by atoms with Gasteiger partial charge in [0.05, 0.1) is 29.2 Å². The fourth-order valence-corrected chi connectivity index (χ4v) is 4.92. The molecule has 5 rings (SSSR count). The Morgan fingerprint density at radius 3 is 2.64 bits per heavy atom. The van der Waals surface area contributed by atoms with E-state index < -0.39 is 17.5 Å². The zero-order valence-electron chi connectivity index (χ0n) is 19.6. The van der Waals surface area contributed by atoms with E-state index in [1.54, 1.807) is 0 Å². The highest BCUT2D eigenvalue weighted by molar-refractivity contribution is 6.45. The minimum absolute atomic E-state index is 0.0343. The third kappa shape index (κ3) is 4.17. The van der Waals surface area contributed by atoms with Crippen LogP contribution < -0.4 is 21.5 Å². The van der Waals surface area contributed by atoms with Gasteiger partial charge in [0.25, 0.3) is 11.7 Å². The van der Waals surface area contributed by atoms with Crippen LogP contribution in [0.3, 0.4) is 0 Å². The summed E-state index contributed by atoms with van der Waals surface area (Å²) in [4.78, 5) is 41.6.